The molecule has 0 spiro atoms. The Morgan fingerprint density at radius 2 is 2.19 bits per heavy atom. The average molecular weight is 365 g/mol. The van der Waals surface area contributed by atoms with Gasteiger partial charge in [0.2, 0.25) is 0 Å². The van der Waals surface area contributed by atoms with Crippen LogP contribution in [0.4, 0.5) is 5.82 Å². The van der Waals surface area contributed by atoms with Gasteiger partial charge in [-0.1, -0.05) is 0 Å². The highest BCUT2D eigenvalue weighted by Crippen LogP contribution is 2.27. The average Bonchev–Trinajstić information content (AvgIpc) is 3.42. The Morgan fingerprint density at radius 1 is 1.23 bits per heavy atom. The molecule has 0 aliphatic carbocycles. The molecule has 5 rings (SSSR count). The fraction of sp³-hybridized carbons (Fsp3) is 0.333. The van der Waals surface area contributed by atoms with Crippen molar-refractivity contribution in [2.45, 2.75) is 32.4 Å². The minimum atomic E-state index is 0.425. The van der Waals surface area contributed by atoms with Crippen molar-refractivity contribution in [3.8, 4) is 11.4 Å². The molecule has 0 N–H and O–H groups in total. The lowest BCUT2D eigenvalue weighted by molar-refractivity contribution is 0.536. The smallest absolute Gasteiger partial charge is 0.186 e. The minimum absolute atomic E-state index is 0.425. The van der Waals surface area contributed by atoms with Crippen LogP contribution in [0.15, 0.2) is 41.4 Å². The molecule has 7 nitrogen and oxygen atoms in total. The van der Waals surface area contributed by atoms with Gasteiger partial charge in [0, 0.05) is 42.5 Å². The topological polar surface area (TPSA) is 64.1 Å². The van der Waals surface area contributed by atoms with Gasteiger partial charge in [0.1, 0.15) is 11.6 Å². The Kier molecular flexibility index (Phi) is 3.70. The van der Waals surface area contributed by atoms with E-state index in [1.807, 2.05) is 29.1 Å². The van der Waals surface area contributed by atoms with Crippen molar-refractivity contribution in [3.05, 3.63) is 47.2 Å². The number of imidazole rings is 1. The molecule has 0 saturated carbocycles. The van der Waals surface area contributed by atoms with Gasteiger partial charge in [-0.25, -0.2) is 4.98 Å². The predicted molar refractivity (Wildman–Crippen MR) is 101 cm³/mol. The quantitative estimate of drug-likeness (QED) is 0.556. The lowest BCUT2D eigenvalue weighted by atomic mass is 10.2. The first-order valence-electron chi connectivity index (χ1n) is 8.79. The number of nitrogens with zero attached hydrogens (tertiary/aromatic N) is 7. The fourth-order valence-electron chi connectivity index (χ4n) is 3.65. The number of aryl methyl sites for hydroxylation is 1. The number of hydrogen-bond donors (Lipinski definition) is 0. The largest absolute Gasteiger partial charge is 0.350 e. The van der Waals surface area contributed by atoms with Gasteiger partial charge in [-0.3, -0.25) is 0 Å². The molecule has 0 amide bonds. The molecule has 132 valence electrons. The summed E-state index contributed by atoms with van der Waals surface area (Å²) in [6, 6.07) is 6.54. The Hall–Kier alpha value is -2.74. The van der Waals surface area contributed by atoms with Gasteiger partial charge >= 0.3 is 0 Å². The highest BCUT2D eigenvalue weighted by Gasteiger charge is 2.27. The molecule has 1 saturated heterocycles. The molecule has 4 aromatic rings. The van der Waals surface area contributed by atoms with Gasteiger partial charge in [0.15, 0.2) is 11.5 Å². The summed E-state index contributed by atoms with van der Waals surface area (Å²) in [7, 11) is 0. The van der Waals surface area contributed by atoms with Crippen molar-refractivity contribution >= 4 is 22.8 Å². The molecular weight excluding hydrogens is 346 g/mol. The Morgan fingerprint density at radius 3 is 3.00 bits per heavy atom. The van der Waals surface area contributed by atoms with Crippen molar-refractivity contribution in [1.29, 1.82) is 0 Å². The third kappa shape index (κ3) is 2.57. The predicted octanol–water partition coefficient (Wildman–Crippen LogP) is 3.03. The maximum atomic E-state index is 4.87. The van der Waals surface area contributed by atoms with Crippen molar-refractivity contribution in [1.82, 2.24) is 29.4 Å². The fourth-order valence-corrected chi connectivity index (χ4v) is 4.29. The van der Waals surface area contributed by atoms with Crippen LogP contribution in [0.1, 0.15) is 18.7 Å². The zero-order valence-electron chi connectivity index (χ0n) is 14.5. The Labute approximate surface area is 154 Å². The Bertz CT molecular complexity index is 1030. The van der Waals surface area contributed by atoms with Gasteiger partial charge in [0.25, 0.3) is 0 Å². The van der Waals surface area contributed by atoms with Gasteiger partial charge in [-0.05, 0) is 43.3 Å². The summed E-state index contributed by atoms with van der Waals surface area (Å²) < 4.78 is 4.08. The van der Waals surface area contributed by atoms with Crippen LogP contribution >= 0.6 is 11.3 Å². The maximum Gasteiger partial charge on any atom is 0.186 e. The van der Waals surface area contributed by atoms with E-state index in [0.29, 0.717) is 6.04 Å². The lowest BCUT2D eigenvalue weighted by Crippen LogP contribution is -2.34. The van der Waals surface area contributed by atoms with Crippen molar-refractivity contribution < 1.29 is 0 Å². The number of rotatable bonds is 4. The summed E-state index contributed by atoms with van der Waals surface area (Å²) in [5, 5.41) is 17.6. The van der Waals surface area contributed by atoms with E-state index in [-0.39, 0.29) is 0 Å². The van der Waals surface area contributed by atoms with Gasteiger partial charge in [0.05, 0.1) is 0 Å². The molecule has 0 radical (unpaired) electrons. The normalized spacial score (nSPS) is 17.4. The molecule has 26 heavy (non-hydrogen) atoms. The number of thiophene rings is 1. The van der Waals surface area contributed by atoms with Gasteiger partial charge in [-0.15, -0.1) is 15.3 Å². The van der Waals surface area contributed by atoms with Crippen molar-refractivity contribution in [3.63, 3.8) is 0 Å². The molecule has 0 aromatic carbocycles. The number of hydrogen-bond acceptors (Lipinski definition) is 6. The second-order valence-corrected chi connectivity index (χ2v) is 7.39. The minimum Gasteiger partial charge on any atom is -0.350 e. The number of anilines is 1. The first-order chi connectivity index (χ1) is 12.8. The van der Waals surface area contributed by atoms with E-state index in [1.165, 1.54) is 6.42 Å². The van der Waals surface area contributed by atoms with Crippen molar-refractivity contribution in [2.24, 2.45) is 0 Å². The second kappa shape index (κ2) is 6.21. The highest BCUT2D eigenvalue weighted by atomic mass is 32.1. The second-order valence-electron chi connectivity index (χ2n) is 6.61. The number of aromatic nitrogens is 6. The molecule has 5 heterocycles. The van der Waals surface area contributed by atoms with Crippen LogP contribution in [-0.4, -0.2) is 41.9 Å². The van der Waals surface area contributed by atoms with E-state index in [0.717, 1.165) is 48.2 Å². The third-order valence-electron chi connectivity index (χ3n) is 5.03. The summed E-state index contributed by atoms with van der Waals surface area (Å²) in [6.07, 6.45) is 6.26. The third-order valence-corrected chi connectivity index (χ3v) is 5.71. The number of fused-ring (bicyclic) bond motifs is 1. The van der Waals surface area contributed by atoms with Gasteiger partial charge in [-0.2, -0.15) is 15.9 Å². The Balaban J connectivity index is 1.49. The van der Waals surface area contributed by atoms with E-state index >= 15 is 0 Å². The van der Waals surface area contributed by atoms with Crippen LogP contribution in [0.2, 0.25) is 0 Å². The lowest BCUT2D eigenvalue weighted by Gasteiger charge is -2.26. The molecule has 0 bridgehead atoms. The first kappa shape index (κ1) is 15.5. The van der Waals surface area contributed by atoms with Gasteiger partial charge < -0.3 is 9.47 Å². The summed E-state index contributed by atoms with van der Waals surface area (Å²) >= 11 is 1.65. The van der Waals surface area contributed by atoms with E-state index < -0.39 is 0 Å². The van der Waals surface area contributed by atoms with E-state index in [4.69, 9.17) is 5.10 Å². The molecule has 4 aromatic heterocycles. The molecule has 8 heteroatoms. The monoisotopic (exact) mass is 365 g/mol. The molecular formula is C18H19N7S. The summed E-state index contributed by atoms with van der Waals surface area (Å²) in [5.41, 5.74) is 1.83. The van der Waals surface area contributed by atoms with Crippen LogP contribution in [0.25, 0.3) is 17.0 Å². The first-order valence-corrected chi connectivity index (χ1v) is 9.73. The summed E-state index contributed by atoms with van der Waals surface area (Å²) in [6.45, 7) is 4.01. The van der Waals surface area contributed by atoms with E-state index in [2.05, 4.69) is 48.4 Å². The summed E-state index contributed by atoms with van der Waals surface area (Å²) in [5.74, 6) is 2.83. The molecule has 1 fully saturated rings. The molecule has 1 aliphatic heterocycles. The molecule has 1 aliphatic rings. The maximum absolute atomic E-state index is 4.87. The molecule has 1 unspecified atom stereocenters. The van der Waals surface area contributed by atoms with Crippen LogP contribution in [0.5, 0.6) is 0 Å². The zero-order chi connectivity index (χ0) is 17.5. The van der Waals surface area contributed by atoms with Crippen LogP contribution in [0.3, 0.4) is 0 Å². The highest BCUT2D eigenvalue weighted by molar-refractivity contribution is 7.08. The van der Waals surface area contributed by atoms with Crippen LogP contribution in [0, 0.1) is 6.92 Å². The van der Waals surface area contributed by atoms with E-state index in [1.54, 1.807) is 11.3 Å². The standard InChI is InChI=1S/C18H19N7S/c1-13-19-7-9-23(13)11-15-3-2-8-24(15)17-5-4-16-20-21-18(25(16)22-17)14-6-10-26-12-14/h4-7,9-10,12,15H,2-3,8,11H2,1H3. The van der Waals surface area contributed by atoms with E-state index in [9.17, 15) is 0 Å². The van der Waals surface area contributed by atoms with Crippen LogP contribution < -0.4 is 4.90 Å². The zero-order valence-corrected chi connectivity index (χ0v) is 15.3. The molecule has 1 atom stereocenters. The van der Waals surface area contributed by atoms with Crippen molar-refractivity contribution in [2.75, 3.05) is 11.4 Å². The SMILES string of the molecule is Cc1nccn1CC1CCCN1c1ccc2nnc(-c3ccsc3)n2n1. The van der Waals surface area contributed by atoms with Crippen LogP contribution in [-0.2, 0) is 6.54 Å². The summed E-state index contributed by atoms with van der Waals surface area (Å²) in [4.78, 5) is 6.74.